The maximum atomic E-state index is 10.1. The molecule has 0 unspecified atom stereocenters. The molecular formula is C7H4Cl5NO2. The summed E-state index contributed by atoms with van der Waals surface area (Å²) in [6.07, 6.45) is 0. The number of halogens is 5. The molecule has 0 fully saturated rings. The lowest BCUT2D eigenvalue weighted by atomic mass is 10.3. The van der Waals surface area contributed by atoms with Crippen LogP contribution < -0.4 is 0 Å². The van der Waals surface area contributed by atoms with Crippen LogP contribution in [0.25, 0.3) is 0 Å². The number of nitrogens with zero attached hydrogens (tertiary/aromatic N) is 1. The van der Waals surface area contributed by atoms with E-state index in [1.165, 1.54) is 12.1 Å². The van der Waals surface area contributed by atoms with Gasteiger partial charge < -0.3 is 0 Å². The topological polar surface area (TPSA) is 43.1 Å². The normalized spacial score (nSPS) is 10.2. The molecule has 1 rings (SSSR count). The van der Waals surface area contributed by atoms with Crippen molar-refractivity contribution in [2.45, 2.75) is 3.25 Å². The molecule has 0 bridgehead atoms. The van der Waals surface area contributed by atoms with E-state index >= 15 is 0 Å². The van der Waals surface area contributed by atoms with Gasteiger partial charge in [0.25, 0.3) is 8.94 Å². The number of nitro benzene ring substituents is 1. The Labute approximate surface area is 111 Å². The Bertz CT molecular complexity index is 332. The molecule has 15 heavy (non-hydrogen) atoms. The number of alkyl halides is 4. The van der Waals surface area contributed by atoms with Gasteiger partial charge in [-0.1, -0.05) is 70.1 Å². The Balaban J connectivity index is 0.000000336. The predicted octanol–water partition coefficient (Wildman–Crippen LogP) is 4.80. The fourth-order valence-electron chi connectivity index (χ4n) is 0.600. The highest BCUT2D eigenvalue weighted by molar-refractivity contribution is 6.83. The Hall–Kier alpha value is 0.0700. The third-order valence-corrected chi connectivity index (χ3v) is 1.37. The number of hydrogen-bond acceptors (Lipinski definition) is 2. The largest absolute Gasteiger partial charge is 0.287 e. The van der Waals surface area contributed by atoms with Gasteiger partial charge in [-0.25, -0.2) is 0 Å². The van der Waals surface area contributed by atoms with Crippen molar-refractivity contribution in [3.63, 3.8) is 0 Å². The molecule has 0 aliphatic heterocycles. The van der Waals surface area contributed by atoms with E-state index in [0.717, 1.165) is 0 Å². The van der Waals surface area contributed by atoms with Crippen molar-refractivity contribution in [2.75, 3.05) is 0 Å². The average molecular weight is 311 g/mol. The summed E-state index contributed by atoms with van der Waals surface area (Å²) in [6, 6.07) is 6.07. The first kappa shape index (κ1) is 15.1. The van der Waals surface area contributed by atoms with Crippen LogP contribution in [0.2, 0.25) is 5.02 Å². The van der Waals surface area contributed by atoms with Crippen molar-refractivity contribution < 1.29 is 4.92 Å². The van der Waals surface area contributed by atoms with E-state index in [-0.39, 0.29) is 10.7 Å². The minimum absolute atomic E-state index is 0.0517. The number of nitro groups is 1. The first-order valence-corrected chi connectivity index (χ1v) is 5.25. The fourth-order valence-corrected chi connectivity index (χ4v) is 0.805. The average Bonchev–Trinajstić information content (AvgIpc) is 2.01. The summed E-state index contributed by atoms with van der Waals surface area (Å²) in [5, 5.41) is 10.3. The number of rotatable bonds is 1. The van der Waals surface area contributed by atoms with E-state index in [2.05, 4.69) is 0 Å². The molecule has 0 aliphatic rings. The van der Waals surface area contributed by atoms with Gasteiger partial charge in [0, 0.05) is 6.07 Å². The van der Waals surface area contributed by atoms with Gasteiger partial charge in [0.2, 0.25) is 0 Å². The summed E-state index contributed by atoms with van der Waals surface area (Å²) >= 11 is 24.8. The SMILES string of the molecule is ClC(Cl)(Cl)Cl.O=[N+]([O-])c1ccccc1Cl. The summed E-state index contributed by atoms with van der Waals surface area (Å²) < 4.78 is -1.61. The molecule has 0 radical (unpaired) electrons. The number of para-hydroxylation sites is 1. The third kappa shape index (κ3) is 9.03. The Morgan fingerprint density at radius 3 is 1.80 bits per heavy atom. The fraction of sp³-hybridized carbons (Fsp3) is 0.143. The zero-order valence-corrected chi connectivity index (χ0v) is 10.7. The van der Waals surface area contributed by atoms with Crippen LogP contribution in [0.3, 0.4) is 0 Å². The van der Waals surface area contributed by atoms with Gasteiger partial charge in [-0.15, -0.1) is 0 Å². The van der Waals surface area contributed by atoms with Gasteiger partial charge >= 0.3 is 0 Å². The van der Waals surface area contributed by atoms with Crippen LogP contribution in [0.5, 0.6) is 0 Å². The van der Waals surface area contributed by atoms with Gasteiger partial charge in [-0.2, -0.15) is 0 Å². The van der Waals surface area contributed by atoms with E-state index in [1.807, 2.05) is 0 Å². The predicted molar refractivity (Wildman–Crippen MR) is 64.2 cm³/mol. The van der Waals surface area contributed by atoms with E-state index < -0.39 is 8.18 Å². The standard InChI is InChI=1S/C6H4ClNO2.CCl4/c7-5-3-1-2-4-6(5)8(9)10;2-1(3,4)5/h1-4H;. The molecule has 0 aliphatic carbocycles. The van der Waals surface area contributed by atoms with Crippen molar-refractivity contribution in [1.29, 1.82) is 0 Å². The van der Waals surface area contributed by atoms with E-state index in [0.29, 0.717) is 0 Å². The van der Waals surface area contributed by atoms with Crippen LogP contribution in [0.4, 0.5) is 5.69 Å². The van der Waals surface area contributed by atoms with Crippen molar-refractivity contribution in [3.8, 4) is 0 Å². The number of hydrogen-bond donors (Lipinski definition) is 0. The summed E-state index contributed by atoms with van der Waals surface area (Å²) in [6.45, 7) is 0. The van der Waals surface area contributed by atoms with Crippen LogP contribution in [-0.4, -0.2) is 8.18 Å². The highest BCUT2D eigenvalue weighted by Gasteiger charge is 2.11. The first-order chi connectivity index (χ1) is 6.72. The van der Waals surface area contributed by atoms with E-state index in [9.17, 15) is 10.1 Å². The van der Waals surface area contributed by atoms with Gasteiger partial charge in [0.1, 0.15) is 5.02 Å². The first-order valence-electron chi connectivity index (χ1n) is 3.36. The molecule has 8 heteroatoms. The van der Waals surface area contributed by atoms with Gasteiger partial charge in [-0.05, 0) is 6.07 Å². The Morgan fingerprint density at radius 2 is 1.53 bits per heavy atom. The second kappa shape index (κ2) is 6.61. The van der Waals surface area contributed by atoms with Gasteiger partial charge in [0.05, 0.1) is 4.92 Å². The minimum Gasteiger partial charge on any atom is -0.258 e. The molecule has 1 aromatic carbocycles. The second-order valence-corrected chi connectivity index (χ2v) is 5.97. The van der Waals surface area contributed by atoms with Crippen LogP contribution in [0, 0.1) is 10.1 Å². The molecule has 0 saturated carbocycles. The van der Waals surface area contributed by atoms with Crippen LogP contribution in [0.1, 0.15) is 0 Å². The van der Waals surface area contributed by atoms with Crippen LogP contribution >= 0.6 is 58.0 Å². The summed E-state index contributed by atoms with van der Waals surface area (Å²) in [5.74, 6) is 0. The zero-order chi connectivity index (χ0) is 12.1. The molecule has 0 atom stereocenters. The van der Waals surface area contributed by atoms with E-state index in [1.54, 1.807) is 12.1 Å². The molecule has 0 heterocycles. The van der Waals surface area contributed by atoms with Crippen molar-refractivity contribution in [2.24, 2.45) is 0 Å². The maximum Gasteiger partial charge on any atom is 0.287 e. The monoisotopic (exact) mass is 309 g/mol. The Kier molecular flexibility index (Phi) is 6.64. The van der Waals surface area contributed by atoms with Crippen LogP contribution in [0.15, 0.2) is 24.3 Å². The quantitative estimate of drug-likeness (QED) is 0.425. The van der Waals surface area contributed by atoms with Crippen LogP contribution in [-0.2, 0) is 0 Å². The molecule has 0 N–H and O–H groups in total. The van der Waals surface area contributed by atoms with Gasteiger partial charge in [0.15, 0.2) is 0 Å². The lowest BCUT2D eigenvalue weighted by Gasteiger charge is -1.91. The lowest BCUT2D eigenvalue weighted by molar-refractivity contribution is -0.384. The minimum atomic E-state index is -1.61. The summed E-state index contributed by atoms with van der Waals surface area (Å²) in [7, 11) is 0. The molecule has 0 spiro atoms. The smallest absolute Gasteiger partial charge is 0.258 e. The maximum absolute atomic E-state index is 10.1. The summed E-state index contributed by atoms with van der Waals surface area (Å²) in [5.41, 5.74) is -0.0517. The zero-order valence-electron chi connectivity index (χ0n) is 6.96. The third-order valence-electron chi connectivity index (χ3n) is 1.05. The molecule has 0 aromatic heterocycles. The molecule has 0 saturated heterocycles. The highest BCUT2D eigenvalue weighted by atomic mass is 35.6. The second-order valence-electron chi connectivity index (χ2n) is 2.14. The highest BCUT2D eigenvalue weighted by Crippen LogP contribution is 2.29. The van der Waals surface area contributed by atoms with Crippen molar-refractivity contribution in [1.82, 2.24) is 0 Å². The Morgan fingerprint density at radius 1 is 1.13 bits per heavy atom. The molecule has 84 valence electrons. The molecule has 1 aromatic rings. The molecule has 3 nitrogen and oxygen atoms in total. The summed E-state index contributed by atoms with van der Waals surface area (Å²) in [4.78, 5) is 9.63. The lowest BCUT2D eigenvalue weighted by Crippen LogP contribution is -1.87. The van der Waals surface area contributed by atoms with Crippen molar-refractivity contribution in [3.05, 3.63) is 39.4 Å². The van der Waals surface area contributed by atoms with E-state index in [4.69, 9.17) is 58.0 Å². The molecular weight excluding hydrogens is 307 g/mol. The number of benzene rings is 1. The molecule has 0 amide bonds. The van der Waals surface area contributed by atoms with Gasteiger partial charge in [-0.3, -0.25) is 10.1 Å². The van der Waals surface area contributed by atoms with Crippen molar-refractivity contribution >= 4 is 63.7 Å².